The van der Waals surface area contributed by atoms with E-state index >= 15 is 0 Å². The Hall–Kier alpha value is -2.58. The Kier molecular flexibility index (Phi) is 6.14. The van der Waals surface area contributed by atoms with E-state index in [9.17, 15) is 9.90 Å². The van der Waals surface area contributed by atoms with Gasteiger partial charge in [-0.25, -0.2) is 4.68 Å². The summed E-state index contributed by atoms with van der Waals surface area (Å²) >= 11 is 0. The van der Waals surface area contributed by atoms with Crippen molar-refractivity contribution < 1.29 is 5.11 Å². The number of aliphatic hydroxyl groups is 1. The first kappa shape index (κ1) is 21.1. The van der Waals surface area contributed by atoms with Crippen LogP contribution >= 0.6 is 0 Å². The van der Waals surface area contributed by atoms with E-state index in [4.69, 9.17) is 0 Å². The zero-order chi connectivity index (χ0) is 21.2. The minimum atomic E-state index is -0.269. The summed E-state index contributed by atoms with van der Waals surface area (Å²) in [6.45, 7) is 11.0. The van der Waals surface area contributed by atoms with Gasteiger partial charge in [-0.2, -0.15) is 0 Å². The Morgan fingerprint density at radius 3 is 2.69 bits per heavy atom. The average molecular weight is 399 g/mol. The number of tetrazole rings is 1. The van der Waals surface area contributed by atoms with Gasteiger partial charge in [-0.1, -0.05) is 18.6 Å². The fourth-order valence-electron chi connectivity index (χ4n) is 3.66. The largest absolute Gasteiger partial charge is 0.395 e. The van der Waals surface area contributed by atoms with Gasteiger partial charge in [0.05, 0.1) is 18.2 Å². The molecular formula is C21H30N6O2. The number of rotatable bonds is 7. The van der Waals surface area contributed by atoms with Crippen LogP contribution in [-0.4, -0.2) is 48.3 Å². The van der Waals surface area contributed by atoms with E-state index < -0.39 is 0 Å². The number of aromatic nitrogens is 5. The minimum absolute atomic E-state index is 0.0157. The van der Waals surface area contributed by atoms with Crippen molar-refractivity contribution in [2.24, 2.45) is 0 Å². The first-order valence-corrected chi connectivity index (χ1v) is 10.0. The lowest BCUT2D eigenvalue weighted by Crippen LogP contribution is -2.36. The Labute approximate surface area is 170 Å². The van der Waals surface area contributed by atoms with Gasteiger partial charge in [-0.3, -0.25) is 9.69 Å². The van der Waals surface area contributed by atoms with E-state index in [1.807, 2.05) is 50.6 Å². The maximum Gasteiger partial charge on any atom is 0.252 e. The SMILES string of the molecule is CCC(c1nnnn1C(C)(C)C)N(CCO)Cc1cc2cc(C)ccc2[nH]c1=O. The van der Waals surface area contributed by atoms with Crippen molar-refractivity contribution in [2.45, 2.75) is 59.2 Å². The molecule has 1 aromatic carbocycles. The number of aromatic amines is 1. The third-order valence-corrected chi connectivity index (χ3v) is 5.09. The molecule has 1 unspecified atom stereocenters. The molecule has 0 radical (unpaired) electrons. The molecule has 0 aliphatic carbocycles. The molecule has 29 heavy (non-hydrogen) atoms. The van der Waals surface area contributed by atoms with Crippen molar-refractivity contribution >= 4 is 10.9 Å². The summed E-state index contributed by atoms with van der Waals surface area (Å²) in [6.07, 6.45) is 0.751. The lowest BCUT2D eigenvalue weighted by Gasteiger charge is -2.31. The van der Waals surface area contributed by atoms with Gasteiger partial charge < -0.3 is 10.1 Å². The molecule has 0 aliphatic rings. The predicted octanol–water partition coefficient (Wildman–Crippen LogP) is 2.52. The maximum absolute atomic E-state index is 12.7. The number of aliphatic hydroxyl groups excluding tert-OH is 1. The first-order valence-electron chi connectivity index (χ1n) is 10.0. The summed E-state index contributed by atoms with van der Waals surface area (Å²) in [5, 5.41) is 23.0. The highest BCUT2D eigenvalue weighted by atomic mass is 16.3. The van der Waals surface area contributed by atoms with E-state index in [0.717, 1.165) is 28.7 Å². The molecule has 2 N–H and O–H groups in total. The van der Waals surface area contributed by atoms with Crippen LogP contribution in [0.5, 0.6) is 0 Å². The van der Waals surface area contributed by atoms with Gasteiger partial charge in [0.1, 0.15) is 0 Å². The number of H-pyrrole nitrogens is 1. The lowest BCUT2D eigenvalue weighted by atomic mass is 10.1. The number of hydrogen-bond donors (Lipinski definition) is 2. The molecule has 8 nitrogen and oxygen atoms in total. The van der Waals surface area contributed by atoms with E-state index in [-0.39, 0.29) is 23.7 Å². The molecule has 0 saturated carbocycles. The van der Waals surface area contributed by atoms with Gasteiger partial charge in [0.25, 0.3) is 5.56 Å². The predicted molar refractivity (Wildman–Crippen MR) is 113 cm³/mol. The second kappa shape index (κ2) is 8.42. The highest BCUT2D eigenvalue weighted by Gasteiger charge is 2.29. The van der Waals surface area contributed by atoms with Crippen LogP contribution in [0.1, 0.15) is 57.1 Å². The van der Waals surface area contributed by atoms with Crippen molar-refractivity contribution in [2.75, 3.05) is 13.2 Å². The molecule has 0 saturated heterocycles. The summed E-state index contributed by atoms with van der Waals surface area (Å²) in [5.74, 6) is 0.738. The van der Waals surface area contributed by atoms with Crippen molar-refractivity contribution in [3.05, 3.63) is 51.6 Å². The van der Waals surface area contributed by atoms with E-state index in [1.54, 1.807) is 0 Å². The Balaban J connectivity index is 1.99. The summed E-state index contributed by atoms with van der Waals surface area (Å²) in [5.41, 5.74) is 2.23. The standard InChI is InChI=1S/C21H30N6O2/c1-6-18(19-23-24-25-27(19)21(3,4)5)26(9-10-28)13-16-12-15-11-14(2)7-8-17(15)22-20(16)29/h7-8,11-12,18,28H,6,9-10,13H2,1-5H3,(H,22,29). The van der Waals surface area contributed by atoms with Crippen LogP contribution in [0, 0.1) is 6.92 Å². The lowest BCUT2D eigenvalue weighted by molar-refractivity contribution is 0.127. The van der Waals surface area contributed by atoms with E-state index in [1.165, 1.54) is 0 Å². The number of fused-ring (bicyclic) bond motifs is 1. The van der Waals surface area contributed by atoms with Gasteiger partial charge in [0, 0.05) is 24.2 Å². The number of aryl methyl sites for hydroxylation is 1. The zero-order valence-electron chi connectivity index (χ0n) is 17.8. The second-order valence-electron chi connectivity index (χ2n) is 8.45. The smallest absolute Gasteiger partial charge is 0.252 e. The second-order valence-corrected chi connectivity index (χ2v) is 8.45. The quantitative estimate of drug-likeness (QED) is 0.634. The molecule has 0 amide bonds. The molecule has 2 aromatic heterocycles. The molecule has 1 atom stereocenters. The molecule has 0 bridgehead atoms. The van der Waals surface area contributed by atoms with Crippen molar-refractivity contribution in [1.29, 1.82) is 0 Å². The van der Waals surface area contributed by atoms with Gasteiger partial charge in [0.15, 0.2) is 5.82 Å². The van der Waals surface area contributed by atoms with Gasteiger partial charge in [0.2, 0.25) is 0 Å². The minimum Gasteiger partial charge on any atom is -0.395 e. The molecular weight excluding hydrogens is 368 g/mol. The van der Waals surface area contributed by atoms with Crippen LogP contribution in [-0.2, 0) is 12.1 Å². The molecule has 156 valence electrons. The van der Waals surface area contributed by atoms with Crippen LogP contribution in [0.25, 0.3) is 10.9 Å². The first-order chi connectivity index (χ1) is 13.7. The van der Waals surface area contributed by atoms with Gasteiger partial charge in [-0.15, -0.1) is 5.10 Å². The number of pyridine rings is 1. The summed E-state index contributed by atoms with van der Waals surface area (Å²) in [4.78, 5) is 17.7. The Bertz CT molecular complexity index is 1030. The topological polar surface area (TPSA) is 99.9 Å². The third kappa shape index (κ3) is 4.54. The average Bonchev–Trinajstić information content (AvgIpc) is 3.13. The molecule has 0 fully saturated rings. The highest BCUT2D eigenvalue weighted by molar-refractivity contribution is 5.79. The van der Waals surface area contributed by atoms with E-state index in [2.05, 4.69) is 38.4 Å². The highest BCUT2D eigenvalue weighted by Crippen LogP contribution is 2.27. The monoisotopic (exact) mass is 398 g/mol. The third-order valence-electron chi connectivity index (χ3n) is 5.09. The van der Waals surface area contributed by atoms with Crippen LogP contribution < -0.4 is 5.56 Å². The molecule has 0 spiro atoms. The van der Waals surface area contributed by atoms with Crippen LogP contribution in [0.2, 0.25) is 0 Å². The van der Waals surface area contributed by atoms with Crippen molar-refractivity contribution in [1.82, 2.24) is 30.1 Å². The summed E-state index contributed by atoms with van der Waals surface area (Å²) in [6, 6.07) is 7.78. The Morgan fingerprint density at radius 1 is 1.28 bits per heavy atom. The van der Waals surface area contributed by atoms with Crippen LogP contribution in [0.3, 0.4) is 0 Å². The molecule has 2 heterocycles. The number of nitrogens with zero attached hydrogens (tertiary/aromatic N) is 5. The number of benzene rings is 1. The molecule has 0 aliphatic heterocycles. The fraction of sp³-hybridized carbons (Fsp3) is 0.524. The number of hydrogen-bond acceptors (Lipinski definition) is 6. The normalized spacial score (nSPS) is 13.3. The van der Waals surface area contributed by atoms with Gasteiger partial charge >= 0.3 is 0 Å². The van der Waals surface area contributed by atoms with Crippen molar-refractivity contribution in [3.63, 3.8) is 0 Å². The maximum atomic E-state index is 12.7. The fourth-order valence-corrected chi connectivity index (χ4v) is 3.66. The summed E-state index contributed by atoms with van der Waals surface area (Å²) in [7, 11) is 0. The van der Waals surface area contributed by atoms with E-state index in [0.29, 0.717) is 18.7 Å². The molecule has 3 rings (SSSR count). The van der Waals surface area contributed by atoms with Crippen LogP contribution in [0.15, 0.2) is 29.1 Å². The molecule has 8 heteroatoms. The van der Waals surface area contributed by atoms with Crippen molar-refractivity contribution in [3.8, 4) is 0 Å². The Morgan fingerprint density at radius 2 is 2.03 bits per heavy atom. The summed E-state index contributed by atoms with van der Waals surface area (Å²) < 4.78 is 1.82. The zero-order valence-corrected chi connectivity index (χ0v) is 17.8. The van der Waals surface area contributed by atoms with Gasteiger partial charge in [-0.05, 0) is 68.1 Å². The number of nitrogens with one attached hydrogen (secondary N) is 1. The van der Waals surface area contributed by atoms with Crippen LogP contribution in [0.4, 0.5) is 0 Å². The molecule has 3 aromatic rings.